The van der Waals surface area contributed by atoms with E-state index in [1.54, 1.807) is 19.1 Å². The average molecular weight is 387 g/mol. The molecule has 0 aliphatic rings. The van der Waals surface area contributed by atoms with Crippen molar-refractivity contribution in [3.05, 3.63) is 59.7 Å². The van der Waals surface area contributed by atoms with Gasteiger partial charge in [0.25, 0.3) is 0 Å². The van der Waals surface area contributed by atoms with Gasteiger partial charge in [0.2, 0.25) is 0 Å². The van der Waals surface area contributed by atoms with Crippen LogP contribution >= 0.6 is 0 Å². The van der Waals surface area contributed by atoms with Crippen LogP contribution in [0.5, 0.6) is 11.5 Å². The summed E-state index contributed by atoms with van der Waals surface area (Å²) in [5, 5.41) is 18.7. The SMILES string of the molecule is COc1ccc(CN(Cc2ccc(OC)cc2)[C@@H](CCC(=O)O)C(=O)O)cc1. The Kier molecular flexibility index (Phi) is 7.83. The molecule has 0 saturated heterocycles. The predicted octanol–water partition coefficient (Wildman–Crippen LogP) is 3.02. The molecule has 0 aliphatic carbocycles. The molecule has 1 atom stereocenters. The highest BCUT2D eigenvalue weighted by molar-refractivity contribution is 5.75. The third-order valence-corrected chi connectivity index (χ3v) is 4.45. The van der Waals surface area contributed by atoms with Crippen LogP contribution in [0.15, 0.2) is 48.5 Å². The maximum Gasteiger partial charge on any atom is 0.320 e. The second kappa shape index (κ2) is 10.3. The third kappa shape index (κ3) is 6.28. The third-order valence-electron chi connectivity index (χ3n) is 4.45. The molecule has 0 spiro atoms. The zero-order valence-corrected chi connectivity index (χ0v) is 16.0. The van der Waals surface area contributed by atoms with Gasteiger partial charge in [-0.25, -0.2) is 0 Å². The fourth-order valence-corrected chi connectivity index (χ4v) is 2.93. The van der Waals surface area contributed by atoms with Gasteiger partial charge in [-0.05, 0) is 41.8 Å². The highest BCUT2D eigenvalue weighted by Gasteiger charge is 2.26. The summed E-state index contributed by atoms with van der Waals surface area (Å²) in [5.41, 5.74) is 1.83. The molecule has 150 valence electrons. The standard InChI is InChI=1S/C21H25NO6/c1-27-17-7-3-15(4-8-17)13-22(19(21(25)26)11-12-20(23)24)14-16-5-9-18(28-2)10-6-16/h3-10,19H,11-14H2,1-2H3,(H,23,24)(H,25,26)/t19-/m0/s1. The number of rotatable bonds is 11. The van der Waals surface area contributed by atoms with Crippen LogP contribution in [-0.2, 0) is 22.7 Å². The molecule has 0 radical (unpaired) electrons. The van der Waals surface area contributed by atoms with Gasteiger partial charge in [0.1, 0.15) is 17.5 Å². The lowest BCUT2D eigenvalue weighted by Gasteiger charge is -2.29. The number of hydrogen-bond acceptors (Lipinski definition) is 5. The Hall–Kier alpha value is -3.06. The highest BCUT2D eigenvalue weighted by atomic mass is 16.5. The molecule has 0 saturated carbocycles. The van der Waals surface area contributed by atoms with Gasteiger partial charge >= 0.3 is 11.9 Å². The molecular formula is C21H25NO6. The molecule has 0 amide bonds. The van der Waals surface area contributed by atoms with Crippen molar-refractivity contribution >= 4 is 11.9 Å². The highest BCUT2D eigenvalue weighted by Crippen LogP contribution is 2.20. The van der Waals surface area contributed by atoms with Gasteiger partial charge in [-0.15, -0.1) is 0 Å². The van der Waals surface area contributed by atoms with Gasteiger partial charge in [0.15, 0.2) is 0 Å². The van der Waals surface area contributed by atoms with Gasteiger partial charge < -0.3 is 19.7 Å². The van der Waals surface area contributed by atoms with E-state index in [1.165, 1.54) is 0 Å². The van der Waals surface area contributed by atoms with E-state index in [-0.39, 0.29) is 12.8 Å². The Morgan fingerprint density at radius 2 is 1.29 bits per heavy atom. The largest absolute Gasteiger partial charge is 0.497 e. The zero-order valence-electron chi connectivity index (χ0n) is 16.0. The van der Waals surface area contributed by atoms with Crippen LogP contribution in [0, 0.1) is 0 Å². The summed E-state index contributed by atoms with van der Waals surface area (Å²) in [6, 6.07) is 13.8. The first-order valence-corrected chi connectivity index (χ1v) is 8.87. The lowest BCUT2D eigenvalue weighted by molar-refractivity contribution is -0.145. The number of carboxylic acid groups (broad SMARTS) is 2. The topological polar surface area (TPSA) is 96.3 Å². The maximum atomic E-state index is 11.9. The second-order valence-corrected chi connectivity index (χ2v) is 6.39. The van der Waals surface area contributed by atoms with Crippen molar-refractivity contribution in [1.82, 2.24) is 4.90 Å². The van der Waals surface area contributed by atoms with Crippen LogP contribution in [-0.4, -0.2) is 47.3 Å². The van der Waals surface area contributed by atoms with E-state index >= 15 is 0 Å². The van der Waals surface area contributed by atoms with Crippen LogP contribution < -0.4 is 9.47 Å². The Morgan fingerprint density at radius 1 is 0.857 bits per heavy atom. The van der Waals surface area contributed by atoms with Crippen LogP contribution in [0.2, 0.25) is 0 Å². The van der Waals surface area contributed by atoms with E-state index in [0.29, 0.717) is 24.6 Å². The number of methoxy groups -OCH3 is 2. The van der Waals surface area contributed by atoms with E-state index in [2.05, 4.69) is 0 Å². The van der Waals surface area contributed by atoms with E-state index in [4.69, 9.17) is 14.6 Å². The predicted molar refractivity (Wildman–Crippen MR) is 104 cm³/mol. The molecule has 7 heteroatoms. The van der Waals surface area contributed by atoms with Crippen LogP contribution in [0.4, 0.5) is 0 Å². The van der Waals surface area contributed by atoms with Crippen molar-refractivity contribution in [2.24, 2.45) is 0 Å². The molecule has 0 fully saturated rings. The summed E-state index contributed by atoms with van der Waals surface area (Å²) >= 11 is 0. The zero-order chi connectivity index (χ0) is 20.5. The monoisotopic (exact) mass is 387 g/mol. The van der Waals surface area contributed by atoms with Gasteiger partial charge in [-0.2, -0.15) is 0 Å². The summed E-state index contributed by atoms with van der Waals surface area (Å²) < 4.78 is 10.3. The molecule has 2 N–H and O–H groups in total. The summed E-state index contributed by atoms with van der Waals surface area (Å²) in [6.07, 6.45) is -0.185. The van der Waals surface area contributed by atoms with Crippen LogP contribution in [0.25, 0.3) is 0 Å². The number of carboxylic acids is 2. The fraction of sp³-hybridized carbons (Fsp3) is 0.333. The Balaban J connectivity index is 2.25. The number of hydrogen-bond donors (Lipinski definition) is 2. The summed E-state index contributed by atoms with van der Waals surface area (Å²) in [6.45, 7) is 0.735. The Labute approximate surface area is 164 Å². The minimum Gasteiger partial charge on any atom is -0.497 e. The summed E-state index contributed by atoms with van der Waals surface area (Å²) in [5.74, 6) is -0.624. The number of aliphatic carboxylic acids is 2. The molecule has 0 heterocycles. The molecule has 28 heavy (non-hydrogen) atoms. The Morgan fingerprint density at radius 3 is 1.61 bits per heavy atom. The van der Waals surface area contributed by atoms with E-state index in [9.17, 15) is 14.7 Å². The van der Waals surface area contributed by atoms with Crippen molar-refractivity contribution in [2.75, 3.05) is 14.2 Å². The minimum atomic E-state index is -1.04. The number of carbonyl (C=O) groups is 2. The van der Waals surface area contributed by atoms with Crippen molar-refractivity contribution in [1.29, 1.82) is 0 Å². The number of benzene rings is 2. The second-order valence-electron chi connectivity index (χ2n) is 6.39. The summed E-state index contributed by atoms with van der Waals surface area (Å²) in [4.78, 5) is 24.6. The van der Waals surface area contributed by atoms with Gasteiger partial charge in [-0.1, -0.05) is 24.3 Å². The lowest BCUT2D eigenvalue weighted by Crippen LogP contribution is -2.40. The average Bonchev–Trinajstić information content (AvgIpc) is 2.68. The molecule has 2 aromatic carbocycles. The van der Waals surface area contributed by atoms with Gasteiger partial charge in [0.05, 0.1) is 14.2 Å². The van der Waals surface area contributed by atoms with Crippen molar-refractivity contribution in [2.45, 2.75) is 32.0 Å². The minimum absolute atomic E-state index is 0.0248. The van der Waals surface area contributed by atoms with Gasteiger partial charge in [-0.3, -0.25) is 14.5 Å². The molecule has 2 aromatic rings. The normalized spacial score (nSPS) is 11.8. The van der Waals surface area contributed by atoms with E-state index in [0.717, 1.165) is 11.1 Å². The Bertz CT molecular complexity index is 723. The number of ether oxygens (including phenoxy) is 2. The van der Waals surface area contributed by atoms with Crippen LogP contribution in [0.1, 0.15) is 24.0 Å². The van der Waals surface area contributed by atoms with Crippen molar-refractivity contribution in [3.8, 4) is 11.5 Å². The molecule has 0 bridgehead atoms. The lowest BCUT2D eigenvalue weighted by atomic mass is 10.1. The maximum absolute atomic E-state index is 11.9. The fourth-order valence-electron chi connectivity index (χ4n) is 2.93. The van der Waals surface area contributed by atoms with Crippen LogP contribution in [0.3, 0.4) is 0 Å². The van der Waals surface area contributed by atoms with E-state index < -0.39 is 18.0 Å². The summed E-state index contributed by atoms with van der Waals surface area (Å²) in [7, 11) is 3.16. The molecular weight excluding hydrogens is 362 g/mol. The molecule has 0 aliphatic heterocycles. The smallest absolute Gasteiger partial charge is 0.320 e. The molecule has 2 rings (SSSR count). The first-order valence-electron chi connectivity index (χ1n) is 8.87. The van der Waals surface area contributed by atoms with Gasteiger partial charge in [0, 0.05) is 19.5 Å². The molecule has 0 aromatic heterocycles. The van der Waals surface area contributed by atoms with Crippen molar-refractivity contribution < 1.29 is 29.3 Å². The van der Waals surface area contributed by atoms with Crippen molar-refractivity contribution in [3.63, 3.8) is 0 Å². The number of nitrogens with zero attached hydrogens (tertiary/aromatic N) is 1. The quantitative estimate of drug-likeness (QED) is 0.612. The molecule has 0 unspecified atom stereocenters. The first-order chi connectivity index (χ1) is 13.4. The first kappa shape index (κ1) is 21.2. The molecule has 7 nitrogen and oxygen atoms in total. The van der Waals surface area contributed by atoms with E-state index in [1.807, 2.05) is 48.5 Å².